The summed E-state index contributed by atoms with van der Waals surface area (Å²) >= 11 is 0. The first-order valence-electron chi connectivity index (χ1n) is 9.31. The van der Waals surface area contributed by atoms with Crippen molar-refractivity contribution in [2.75, 3.05) is 18.7 Å². The first-order valence-corrected chi connectivity index (χ1v) is 9.31. The number of amides is 3. The molecule has 4 rings (SSSR count). The highest BCUT2D eigenvalue weighted by Crippen LogP contribution is 2.34. The van der Waals surface area contributed by atoms with Crippen LogP contribution in [0.1, 0.15) is 5.56 Å². The van der Waals surface area contributed by atoms with E-state index in [1.165, 1.54) is 0 Å². The highest BCUT2D eigenvalue weighted by atomic mass is 16.7. The zero-order valence-corrected chi connectivity index (χ0v) is 15.9. The fourth-order valence-corrected chi connectivity index (χ4v) is 3.28. The number of carbonyl (C=O) groups is 2. The maximum atomic E-state index is 12.6. The maximum Gasteiger partial charge on any atom is 0.319 e. The Kier molecular flexibility index (Phi) is 5.39. The molecule has 1 aliphatic heterocycles. The molecule has 2 aromatic carbocycles. The van der Waals surface area contributed by atoms with E-state index in [1.54, 1.807) is 18.2 Å². The highest BCUT2D eigenvalue weighted by molar-refractivity contribution is 5.94. The number of H-pyrrole nitrogens is 1. The van der Waals surface area contributed by atoms with Gasteiger partial charge in [-0.05, 0) is 23.8 Å². The smallest absolute Gasteiger partial charge is 0.319 e. The molecular weight excluding hydrogens is 386 g/mol. The summed E-state index contributed by atoms with van der Waals surface area (Å²) in [4.78, 5) is 28.3. The lowest BCUT2D eigenvalue weighted by molar-refractivity contribution is -0.122. The molecule has 0 saturated heterocycles. The van der Waals surface area contributed by atoms with Crippen molar-refractivity contribution in [3.8, 4) is 17.6 Å². The maximum absolute atomic E-state index is 12.6. The van der Waals surface area contributed by atoms with Crippen LogP contribution in [0.5, 0.6) is 11.5 Å². The summed E-state index contributed by atoms with van der Waals surface area (Å²) in [6, 6.07) is 13.2. The van der Waals surface area contributed by atoms with Crippen LogP contribution in [-0.4, -0.2) is 36.3 Å². The first-order chi connectivity index (χ1) is 14.6. The summed E-state index contributed by atoms with van der Waals surface area (Å²) in [5.74, 6) is 0.701. The van der Waals surface area contributed by atoms with E-state index in [4.69, 9.17) is 14.7 Å². The lowest BCUT2D eigenvalue weighted by Crippen LogP contribution is -2.49. The van der Waals surface area contributed by atoms with Crippen LogP contribution in [-0.2, 0) is 11.2 Å². The van der Waals surface area contributed by atoms with Gasteiger partial charge in [0.1, 0.15) is 12.6 Å². The van der Waals surface area contributed by atoms with Crippen LogP contribution in [0.3, 0.4) is 0 Å². The van der Waals surface area contributed by atoms with Gasteiger partial charge >= 0.3 is 6.03 Å². The number of fused-ring (bicyclic) bond motifs is 2. The number of aromatic amines is 1. The van der Waals surface area contributed by atoms with Crippen LogP contribution in [0.2, 0.25) is 0 Å². The van der Waals surface area contributed by atoms with Crippen molar-refractivity contribution < 1.29 is 19.1 Å². The topological polar surface area (TPSA) is 128 Å². The summed E-state index contributed by atoms with van der Waals surface area (Å²) in [5.41, 5.74) is 2.32. The van der Waals surface area contributed by atoms with Crippen LogP contribution in [0.15, 0.2) is 48.7 Å². The quantitative estimate of drug-likeness (QED) is 0.468. The monoisotopic (exact) mass is 405 g/mol. The molecule has 152 valence electrons. The molecule has 9 nitrogen and oxygen atoms in total. The molecule has 0 saturated carbocycles. The predicted molar refractivity (Wildman–Crippen MR) is 109 cm³/mol. The Labute approximate surface area is 172 Å². The van der Waals surface area contributed by atoms with Crippen LogP contribution < -0.4 is 25.4 Å². The lowest BCUT2D eigenvalue weighted by Gasteiger charge is -2.18. The molecular formula is C21H19N5O4. The third kappa shape index (κ3) is 4.12. The van der Waals surface area contributed by atoms with Gasteiger partial charge in [0.2, 0.25) is 12.7 Å². The molecule has 4 N–H and O–H groups in total. The normalized spacial score (nSPS) is 12.8. The molecule has 2 heterocycles. The predicted octanol–water partition coefficient (Wildman–Crippen LogP) is 2.27. The van der Waals surface area contributed by atoms with E-state index in [9.17, 15) is 9.59 Å². The molecule has 3 amide bonds. The van der Waals surface area contributed by atoms with Gasteiger partial charge in [-0.25, -0.2) is 4.79 Å². The van der Waals surface area contributed by atoms with Crippen molar-refractivity contribution in [3.05, 3.63) is 54.2 Å². The Morgan fingerprint density at radius 2 is 2.00 bits per heavy atom. The third-order valence-electron chi connectivity index (χ3n) is 4.69. The summed E-state index contributed by atoms with van der Waals surface area (Å²) in [7, 11) is 0. The average molecular weight is 405 g/mol. The molecule has 0 aliphatic carbocycles. The van der Waals surface area contributed by atoms with E-state index in [2.05, 4.69) is 20.9 Å². The van der Waals surface area contributed by atoms with Gasteiger partial charge in [0.05, 0.1) is 6.07 Å². The minimum Gasteiger partial charge on any atom is -0.454 e. The molecule has 0 radical (unpaired) electrons. The molecule has 0 bridgehead atoms. The Morgan fingerprint density at radius 1 is 1.17 bits per heavy atom. The van der Waals surface area contributed by atoms with Gasteiger partial charge in [-0.2, -0.15) is 5.26 Å². The van der Waals surface area contributed by atoms with Crippen molar-refractivity contribution in [1.82, 2.24) is 15.6 Å². The van der Waals surface area contributed by atoms with Gasteiger partial charge in [-0.3, -0.25) is 4.79 Å². The molecule has 0 spiro atoms. The van der Waals surface area contributed by atoms with Gasteiger partial charge < -0.3 is 30.4 Å². The second kappa shape index (κ2) is 8.45. The molecule has 0 fully saturated rings. The van der Waals surface area contributed by atoms with Gasteiger partial charge in [0, 0.05) is 35.3 Å². The number of urea groups is 1. The van der Waals surface area contributed by atoms with E-state index in [0.717, 1.165) is 16.5 Å². The molecule has 1 aliphatic rings. The molecule has 3 aromatic rings. The standard InChI is InChI=1S/C21H19N5O4/c22-7-8-23-20(27)17(9-13-11-24-16-4-2-1-3-15(13)16)26-21(28)25-14-5-6-18-19(10-14)30-12-29-18/h1-6,10-11,17,24H,8-9,12H2,(H,23,27)(H2,25,26,28). The zero-order valence-electron chi connectivity index (χ0n) is 15.9. The van der Waals surface area contributed by atoms with E-state index in [-0.39, 0.29) is 19.8 Å². The minimum atomic E-state index is -0.869. The molecule has 30 heavy (non-hydrogen) atoms. The number of nitriles is 1. The van der Waals surface area contributed by atoms with Crippen molar-refractivity contribution in [2.24, 2.45) is 0 Å². The first kappa shape index (κ1) is 19.1. The SMILES string of the molecule is N#CCNC(=O)C(Cc1c[nH]c2ccccc12)NC(=O)Nc1ccc2c(c1)OCO2. The zero-order chi connectivity index (χ0) is 20.9. The van der Waals surface area contributed by atoms with Crippen molar-refractivity contribution in [1.29, 1.82) is 5.26 Å². The highest BCUT2D eigenvalue weighted by Gasteiger charge is 2.23. The summed E-state index contributed by atoms with van der Waals surface area (Å²) < 4.78 is 10.6. The Morgan fingerprint density at radius 3 is 2.87 bits per heavy atom. The number of benzene rings is 2. The van der Waals surface area contributed by atoms with E-state index in [0.29, 0.717) is 17.2 Å². The number of hydrogen-bond acceptors (Lipinski definition) is 5. The molecule has 1 unspecified atom stereocenters. The summed E-state index contributed by atoms with van der Waals surface area (Å²) in [5, 5.41) is 17.6. The van der Waals surface area contributed by atoms with E-state index in [1.807, 2.05) is 36.5 Å². The molecule has 1 atom stereocenters. The van der Waals surface area contributed by atoms with Crippen LogP contribution in [0.25, 0.3) is 10.9 Å². The van der Waals surface area contributed by atoms with Gasteiger partial charge in [0.15, 0.2) is 11.5 Å². The fourth-order valence-electron chi connectivity index (χ4n) is 3.28. The number of nitrogens with one attached hydrogen (secondary N) is 4. The number of anilines is 1. The van der Waals surface area contributed by atoms with Crippen molar-refractivity contribution >= 4 is 28.5 Å². The Hall–Kier alpha value is -4.19. The number of carbonyl (C=O) groups excluding carboxylic acids is 2. The van der Waals surface area contributed by atoms with Gasteiger partial charge in [-0.15, -0.1) is 0 Å². The largest absolute Gasteiger partial charge is 0.454 e. The number of aromatic nitrogens is 1. The number of nitrogens with zero attached hydrogens (tertiary/aromatic N) is 1. The Balaban J connectivity index is 1.48. The second-order valence-corrected chi connectivity index (χ2v) is 6.66. The van der Waals surface area contributed by atoms with E-state index < -0.39 is 18.0 Å². The summed E-state index contributed by atoms with van der Waals surface area (Å²) in [6.45, 7) is -0.00851. The van der Waals surface area contributed by atoms with Gasteiger partial charge in [0.25, 0.3) is 0 Å². The Bertz CT molecular complexity index is 1130. The third-order valence-corrected chi connectivity index (χ3v) is 4.69. The summed E-state index contributed by atoms with van der Waals surface area (Å²) in [6.07, 6.45) is 2.07. The van der Waals surface area contributed by atoms with Crippen molar-refractivity contribution in [2.45, 2.75) is 12.5 Å². The lowest BCUT2D eigenvalue weighted by atomic mass is 10.0. The average Bonchev–Trinajstić information content (AvgIpc) is 3.38. The number of para-hydroxylation sites is 1. The van der Waals surface area contributed by atoms with E-state index >= 15 is 0 Å². The van der Waals surface area contributed by atoms with Gasteiger partial charge in [-0.1, -0.05) is 18.2 Å². The number of ether oxygens (including phenoxy) is 2. The molecule has 1 aromatic heterocycles. The van der Waals surface area contributed by atoms with Crippen LogP contribution >= 0.6 is 0 Å². The molecule has 9 heteroatoms. The number of rotatable bonds is 6. The van der Waals surface area contributed by atoms with Crippen LogP contribution in [0.4, 0.5) is 10.5 Å². The van der Waals surface area contributed by atoms with Crippen LogP contribution in [0, 0.1) is 11.3 Å². The fraction of sp³-hybridized carbons (Fsp3) is 0.190. The second-order valence-electron chi connectivity index (χ2n) is 6.66. The minimum absolute atomic E-state index is 0.136. The van der Waals surface area contributed by atoms with Crippen molar-refractivity contribution in [3.63, 3.8) is 0 Å². The number of hydrogen-bond donors (Lipinski definition) is 4.